The highest BCUT2D eigenvalue weighted by atomic mass is 19.4. The number of amides is 3. The minimum absolute atomic E-state index is 0.0239. The van der Waals surface area contributed by atoms with Crippen LogP contribution in [0.15, 0.2) is 24.3 Å². The number of carbonyl (C=O) groups excluding carboxylic acids is 2. The molecule has 0 radical (unpaired) electrons. The zero-order valence-corrected chi connectivity index (χ0v) is 20.7. The van der Waals surface area contributed by atoms with Crippen LogP contribution in [0.5, 0.6) is 0 Å². The summed E-state index contributed by atoms with van der Waals surface area (Å²) in [5, 5.41) is 3.09. The van der Waals surface area contributed by atoms with Crippen molar-refractivity contribution in [3.63, 3.8) is 0 Å². The van der Waals surface area contributed by atoms with E-state index in [0.717, 1.165) is 51.1 Å². The topological polar surface area (TPSA) is 55.9 Å². The van der Waals surface area contributed by atoms with Crippen molar-refractivity contribution in [2.24, 2.45) is 5.92 Å². The minimum Gasteiger partial charge on any atom is -0.323 e. The summed E-state index contributed by atoms with van der Waals surface area (Å²) in [6.45, 7) is 5.34. The summed E-state index contributed by atoms with van der Waals surface area (Å²) < 4.78 is 39.2. The molecule has 2 atom stereocenters. The molecule has 0 spiro atoms. The van der Waals surface area contributed by atoms with E-state index in [0.29, 0.717) is 44.2 Å². The molecule has 0 aromatic heterocycles. The number of benzene rings is 1. The van der Waals surface area contributed by atoms with Crippen LogP contribution in [0.2, 0.25) is 0 Å². The summed E-state index contributed by atoms with van der Waals surface area (Å²) >= 11 is 0. The third kappa shape index (κ3) is 5.50. The lowest BCUT2D eigenvalue weighted by Gasteiger charge is -2.41. The van der Waals surface area contributed by atoms with Crippen LogP contribution >= 0.6 is 0 Å². The van der Waals surface area contributed by atoms with E-state index in [2.05, 4.69) is 22.2 Å². The van der Waals surface area contributed by atoms with Gasteiger partial charge in [0, 0.05) is 19.1 Å². The molecule has 1 aromatic rings. The van der Waals surface area contributed by atoms with E-state index in [1.54, 1.807) is 6.07 Å². The van der Waals surface area contributed by atoms with Crippen LogP contribution in [-0.2, 0) is 17.5 Å². The number of rotatable bonds is 8. The Labute approximate surface area is 205 Å². The molecule has 3 heterocycles. The lowest BCUT2D eigenvalue weighted by Crippen LogP contribution is -2.56. The predicted molar refractivity (Wildman–Crippen MR) is 128 cm³/mol. The number of hydrogen-bond donors (Lipinski definition) is 1. The largest absolute Gasteiger partial charge is 0.416 e. The van der Waals surface area contributed by atoms with Gasteiger partial charge in [-0.2, -0.15) is 13.2 Å². The molecule has 0 aliphatic carbocycles. The molecule has 3 aliphatic rings. The number of alkyl halides is 3. The Morgan fingerprint density at radius 1 is 1.11 bits per heavy atom. The van der Waals surface area contributed by atoms with Gasteiger partial charge in [0.2, 0.25) is 0 Å². The van der Waals surface area contributed by atoms with E-state index < -0.39 is 17.3 Å². The summed E-state index contributed by atoms with van der Waals surface area (Å²) in [6, 6.07) is 5.61. The normalized spacial score (nSPS) is 27.1. The number of piperidine rings is 1. The molecule has 9 heteroatoms. The Balaban J connectivity index is 1.38. The molecule has 0 bridgehead atoms. The molecular weight excluding hydrogens is 457 g/mol. The first kappa shape index (κ1) is 25.9. The number of hydrogen-bond acceptors (Lipinski definition) is 4. The van der Waals surface area contributed by atoms with Crippen molar-refractivity contribution in [2.45, 2.75) is 76.2 Å². The molecule has 194 valence electrons. The van der Waals surface area contributed by atoms with E-state index in [9.17, 15) is 22.8 Å². The SMILES string of the molecule is CCC[C@@]1(C2CCN(Cc3cccc(C(F)(F)F)c3)CC2)NC(=O)N(CC[C@H]2CCCN2C)C1=O. The van der Waals surface area contributed by atoms with Crippen LogP contribution < -0.4 is 5.32 Å². The fourth-order valence-electron chi connectivity index (χ4n) is 6.20. The minimum atomic E-state index is -4.35. The zero-order valence-electron chi connectivity index (χ0n) is 20.7. The summed E-state index contributed by atoms with van der Waals surface area (Å²) in [7, 11) is 2.10. The van der Waals surface area contributed by atoms with Crippen LogP contribution in [0.1, 0.15) is 63.0 Å². The van der Waals surface area contributed by atoms with E-state index in [4.69, 9.17) is 0 Å². The molecule has 6 nitrogen and oxygen atoms in total. The smallest absolute Gasteiger partial charge is 0.323 e. The summed E-state index contributed by atoms with van der Waals surface area (Å²) in [5.41, 5.74) is -0.861. The third-order valence-electron chi connectivity index (χ3n) is 8.15. The second-order valence-electron chi connectivity index (χ2n) is 10.4. The number of imide groups is 1. The lowest BCUT2D eigenvalue weighted by atomic mass is 9.74. The summed E-state index contributed by atoms with van der Waals surface area (Å²) in [6.07, 6.45) is 1.55. The monoisotopic (exact) mass is 494 g/mol. The van der Waals surface area contributed by atoms with Crippen molar-refractivity contribution in [2.75, 3.05) is 33.2 Å². The number of urea groups is 1. The molecule has 3 saturated heterocycles. The molecule has 3 aliphatic heterocycles. The van der Waals surface area contributed by atoms with Gasteiger partial charge in [-0.15, -0.1) is 0 Å². The number of likely N-dealkylation sites (tertiary alicyclic amines) is 2. The first-order valence-corrected chi connectivity index (χ1v) is 12.9. The van der Waals surface area contributed by atoms with E-state index in [-0.39, 0.29) is 17.9 Å². The standard InChI is InChI=1S/C26H37F3N4O2/c1-3-12-25(23(34)33(24(35)30-25)16-11-22-8-5-13-31(22)2)20-9-14-32(15-10-20)18-19-6-4-7-21(17-19)26(27,28)29/h4,6-7,17,20,22H,3,5,8-16,18H2,1-2H3,(H,30,35)/t22-,25+/m1/s1. The van der Waals surface area contributed by atoms with Crippen LogP contribution in [0.3, 0.4) is 0 Å². The average Bonchev–Trinajstić information content (AvgIpc) is 3.33. The van der Waals surface area contributed by atoms with Gasteiger partial charge in [-0.1, -0.05) is 31.5 Å². The number of nitrogens with one attached hydrogen (secondary N) is 1. The average molecular weight is 495 g/mol. The number of carbonyl (C=O) groups is 2. The second-order valence-corrected chi connectivity index (χ2v) is 10.4. The number of halogens is 3. The molecule has 3 fully saturated rings. The molecule has 35 heavy (non-hydrogen) atoms. The van der Waals surface area contributed by atoms with E-state index in [1.165, 1.54) is 17.0 Å². The van der Waals surface area contributed by atoms with Crippen LogP contribution in [0.4, 0.5) is 18.0 Å². The Hall–Kier alpha value is -2.13. The van der Waals surface area contributed by atoms with Crippen LogP contribution in [0, 0.1) is 5.92 Å². The second kappa shape index (κ2) is 10.5. The van der Waals surface area contributed by atoms with Gasteiger partial charge < -0.3 is 10.2 Å². The van der Waals surface area contributed by atoms with Crippen molar-refractivity contribution in [3.8, 4) is 0 Å². The Morgan fingerprint density at radius 3 is 2.49 bits per heavy atom. The molecule has 0 unspecified atom stereocenters. The Bertz CT molecular complexity index is 916. The van der Waals surface area contributed by atoms with E-state index >= 15 is 0 Å². The number of nitrogens with zero attached hydrogens (tertiary/aromatic N) is 3. The molecule has 1 aromatic carbocycles. The zero-order chi connectivity index (χ0) is 25.2. The summed E-state index contributed by atoms with van der Waals surface area (Å²) in [4.78, 5) is 32.4. The fraction of sp³-hybridized carbons (Fsp3) is 0.692. The highest BCUT2D eigenvalue weighted by molar-refractivity contribution is 6.07. The Morgan fingerprint density at radius 2 is 1.86 bits per heavy atom. The van der Waals surface area contributed by atoms with E-state index in [1.807, 2.05) is 6.92 Å². The first-order valence-electron chi connectivity index (χ1n) is 12.9. The van der Waals surface area contributed by atoms with Gasteiger partial charge in [-0.3, -0.25) is 14.6 Å². The maximum Gasteiger partial charge on any atom is 0.416 e. The molecular formula is C26H37F3N4O2. The Kier molecular flexibility index (Phi) is 7.76. The quantitative estimate of drug-likeness (QED) is 0.541. The maximum absolute atomic E-state index is 13.6. The first-order chi connectivity index (χ1) is 16.6. The van der Waals surface area contributed by atoms with Crippen molar-refractivity contribution >= 4 is 11.9 Å². The molecule has 3 amide bonds. The highest BCUT2D eigenvalue weighted by Gasteiger charge is 2.55. The van der Waals surface area contributed by atoms with Crippen molar-refractivity contribution in [1.82, 2.24) is 20.0 Å². The summed E-state index contributed by atoms with van der Waals surface area (Å²) in [5.74, 6) is -0.0721. The van der Waals surface area contributed by atoms with Crippen molar-refractivity contribution in [3.05, 3.63) is 35.4 Å². The van der Waals surface area contributed by atoms with Crippen molar-refractivity contribution in [1.29, 1.82) is 0 Å². The van der Waals surface area contributed by atoms with Gasteiger partial charge >= 0.3 is 12.2 Å². The van der Waals surface area contributed by atoms with Gasteiger partial charge in [0.1, 0.15) is 5.54 Å². The van der Waals surface area contributed by atoms with Gasteiger partial charge in [-0.25, -0.2) is 4.79 Å². The van der Waals surface area contributed by atoms with Crippen LogP contribution in [0.25, 0.3) is 0 Å². The molecule has 1 N–H and O–H groups in total. The van der Waals surface area contributed by atoms with Gasteiger partial charge in [0.05, 0.1) is 5.56 Å². The van der Waals surface area contributed by atoms with Crippen LogP contribution in [-0.4, -0.2) is 71.4 Å². The molecule has 0 saturated carbocycles. The van der Waals surface area contributed by atoms with Gasteiger partial charge in [-0.05, 0) is 82.8 Å². The highest BCUT2D eigenvalue weighted by Crippen LogP contribution is 2.38. The lowest BCUT2D eigenvalue weighted by molar-refractivity contribution is -0.137. The maximum atomic E-state index is 13.6. The van der Waals surface area contributed by atoms with Gasteiger partial charge in [0.15, 0.2) is 0 Å². The fourth-order valence-corrected chi connectivity index (χ4v) is 6.20. The predicted octanol–water partition coefficient (Wildman–Crippen LogP) is 4.49. The van der Waals surface area contributed by atoms with Crippen molar-refractivity contribution < 1.29 is 22.8 Å². The third-order valence-corrected chi connectivity index (χ3v) is 8.15. The molecule has 4 rings (SSSR count). The van der Waals surface area contributed by atoms with Gasteiger partial charge in [0.25, 0.3) is 5.91 Å².